The summed E-state index contributed by atoms with van der Waals surface area (Å²) >= 11 is 4.86. The van der Waals surface area contributed by atoms with Crippen molar-refractivity contribution >= 4 is 28.8 Å². The van der Waals surface area contributed by atoms with Crippen LogP contribution in [-0.2, 0) is 12.8 Å². The Morgan fingerprint density at radius 3 is 2.60 bits per heavy atom. The van der Waals surface area contributed by atoms with E-state index in [4.69, 9.17) is 22.4 Å². The molecule has 0 bridgehead atoms. The number of benzene rings is 1. The highest BCUT2D eigenvalue weighted by Crippen LogP contribution is 2.15. The molecule has 0 aliphatic carbocycles. The number of amides is 1. The van der Waals surface area contributed by atoms with Gasteiger partial charge in [0, 0.05) is 18.5 Å². The van der Waals surface area contributed by atoms with Crippen LogP contribution in [0.5, 0.6) is 0 Å². The molecule has 20 heavy (non-hydrogen) atoms. The van der Waals surface area contributed by atoms with Gasteiger partial charge in [0.1, 0.15) is 5.76 Å². The number of thiocarbonyl (C=S) groups is 1. The summed E-state index contributed by atoms with van der Waals surface area (Å²) in [5.74, 6) is 0.519. The molecule has 0 radical (unpaired) electrons. The van der Waals surface area contributed by atoms with E-state index in [-0.39, 0.29) is 5.91 Å². The molecule has 2 rings (SSSR count). The Labute approximate surface area is 123 Å². The van der Waals surface area contributed by atoms with E-state index in [0.717, 1.165) is 11.3 Å². The van der Waals surface area contributed by atoms with Gasteiger partial charge in [0.2, 0.25) is 0 Å². The van der Waals surface area contributed by atoms with Crippen molar-refractivity contribution in [3.8, 4) is 0 Å². The van der Waals surface area contributed by atoms with Crippen LogP contribution < -0.4 is 11.1 Å². The summed E-state index contributed by atoms with van der Waals surface area (Å²) in [7, 11) is 0. The first-order valence-corrected chi connectivity index (χ1v) is 6.76. The number of nitrogens with two attached hydrogens (primary N) is 1. The van der Waals surface area contributed by atoms with Crippen LogP contribution in [0.25, 0.3) is 0 Å². The highest BCUT2D eigenvalue weighted by atomic mass is 32.1. The molecule has 1 aromatic heterocycles. The van der Waals surface area contributed by atoms with Crippen molar-refractivity contribution in [1.82, 2.24) is 0 Å². The van der Waals surface area contributed by atoms with Gasteiger partial charge in [-0.2, -0.15) is 0 Å². The summed E-state index contributed by atoms with van der Waals surface area (Å²) in [6.45, 7) is 1.94. The zero-order valence-corrected chi connectivity index (χ0v) is 12.0. The average Bonchev–Trinajstić information content (AvgIpc) is 2.89. The van der Waals surface area contributed by atoms with E-state index in [9.17, 15) is 4.79 Å². The van der Waals surface area contributed by atoms with E-state index in [1.54, 1.807) is 6.07 Å². The Hall–Kier alpha value is -2.14. The van der Waals surface area contributed by atoms with Gasteiger partial charge in [0.15, 0.2) is 0 Å². The lowest BCUT2D eigenvalue weighted by Gasteiger charge is -2.06. The molecule has 0 atom stereocenters. The second kappa shape index (κ2) is 6.34. The van der Waals surface area contributed by atoms with Gasteiger partial charge < -0.3 is 15.5 Å². The third kappa shape index (κ3) is 3.45. The largest absolute Gasteiger partial charge is 0.469 e. The van der Waals surface area contributed by atoms with Crippen LogP contribution in [0.3, 0.4) is 0 Å². The number of hydrogen-bond acceptors (Lipinski definition) is 3. The number of furan rings is 1. The van der Waals surface area contributed by atoms with Crippen molar-refractivity contribution < 1.29 is 9.21 Å². The summed E-state index contributed by atoms with van der Waals surface area (Å²) in [5, 5.41) is 2.84. The van der Waals surface area contributed by atoms with E-state index in [1.807, 2.05) is 31.2 Å². The molecule has 1 amide bonds. The fourth-order valence-electron chi connectivity index (χ4n) is 1.92. The summed E-state index contributed by atoms with van der Waals surface area (Å²) in [6, 6.07) is 9.12. The average molecular weight is 288 g/mol. The van der Waals surface area contributed by atoms with Crippen LogP contribution >= 0.6 is 12.2 Å². The molecule has 0 saturated carbocycles. The maximum absolute atomic E-state index is 12.1. The zero-order valence-electron chi connectivity index (χ0n) is 11.2. The molecule has 1 heterocycles. The second-order valence-electron chi connectivity index (χ2n) is 4.41. The SMILES string of the molecule is CCc1occc1C(=O)Nc1ccc(CC(N)=S)cc1. The molecular formula is C15H16N2O2S. The minimum Gasteiger partial charge on any atom is -0.469 e. The lowest BCUT2D eigenvalue weighted by Crippen LogP contribution is -2.13. The number of rotatable bonds is 5. The first-order valence-electron chi connectivity index (χ1n) is 6.35. The Kier molecular flexibility index (Phi) is 4.53. The van der Waals surface area contributed by atoms with E-state index in [1.165, 1.54) is 6.26 Å². The minimum atomic E-state index is -0.169. The smallest absolute Gasteiger partial charge is 0.259 e. The number of hydrogen-bond donors (Lipinski definition) is 2. The minimum absolute atomic E-state index is 0.169. The van der Waals surface area contributed by atoms with Crippen molar-refractivity contribution in [1.29, 1.82) is 0 Å². The predicted molar refractivity (Wildman–Crippen MR) is 83.0 cm³/mol. The van der Waals surface area contributed by atoms with Gasteiger partial charge in [-0.15, -0.1) is 0 Å². The van der Waals surface area contributed by atoms with E-state index < -0.39 is 0 Å². The molecule has 1 aromatic carbocycles. The molecule has 0 spiro atoms. The molecule has 3 N–H and O–H groups in total. The van der Waals surface area contributed by atoms with Crippen LogP contribution in [0.4, 0.5) is 5.69 Å². The summed E-state index contributed by atoms with van der Waals surface area (Å²) in [6.07, 6.45) is 2.77. The molecule has 0 saturated heterocycles. The van der Waals surface area contributed by atoms with Gasteiger partial charge >= 0.3 is 0 Å². The van der Waals surface area contributed by atoms with Gasteiger partial charge in [-0.1, -0.05) is 31.3 Å². The molecule has 0 fully saturated rings. The lowest BCUT2D eigenvalue weighted by molar-refractivity contribution is 0.102. The Balaban J connectivity index is 2.06. The van der Waals surface area contributed by atoms with Gasteiger partial charge in [0.25, 0.3) is 5.91 Å². The maximum atomic E-state index is 12.1. The quantitative estimate of drug-likeness (QED) is 0.830. The Morgan fingerprint density at radius 1 is 1.30 bits per heavy atom. The van der Waals surface area contributed by atoms with Crippen molar-refractivity contribution in [2.75, 3.05) is 5.32 Å². The standard InChI is InChI=1S/C15H16N2O2S/c1-2-13-12(7-8-19-13)15(18)17-11-5-3-10(4-6-11)9-14(16)20/h3-8H,2,9H2,1H3,(H2,16,20)(H,17,18). The molecule has 0 unspecified atom stereocenters. The zero-order chi connectivity index (χ0) is 14.5. The van der Waals surface area contributed by atoms with Crippen molar-refractivity contribution in [3.63, 3.8) is 0 Å². The highest BCUT2D eigenvalue weighted by molar-refractivity contribution is 7.80. The number of anilines is 1. The third-order valence-electron chi connectivity index (χ3n) is 2.90. The number of aryl methyl sites for hydroxylation is 1. The van der Waals surface area contributed by atoms with Gasteiger partial charge in [-0.3, -0.25) is 4.79 Å². The fourth-order valence-corrected chi connectivity index (χ4v) is 2.09. The van der Waals surface area contributed by atoms with Gasteiger partial charge in [0.05, 0.1) is 16.8 Å². The van der Waals surface area contributed by atoms with Crippen LogP contribution in [0, 0.1) is 0 Å². The Morgan fingerprint density at radius 2 is 2.00 bits per heavy atom. The molecule has 2 aromatic rings. The Bertz CT molecular complexity index is 617. The summed E-state index contributed by atoms with van der Waals surface area (Å²) in [4.78, 5) is 12.6. The van der Waals surface area contributed by atoms with E-state index >= 15 is 0 Å². The summed E-state index contributed by atoms with van der Waals surface area (Å²) < 4.78 is 5.25. The fraction of sp³-hybridized carbons (Fsp3) is 0.200. The second-order valence-corrected chi connectivity index (χ2v) is 4.93. The molecular weight excluding hydrogens is 272 g/mol. The first-order chi connectivity index (χ1) is 9.60. The number of carbonyl (C=O) groups is 1. The highest BCUT2D eigenvalue weighted by Gasteiger charge is 2.13. The van der Waals surface area contributed by atoms with Gasteiger partial charge in [-0.05, 0) is 23.8 Å². The number of carbonyl (C=O) groups excluding carboxylic acids is 1. The monoisotopic (exact) mass is 288 g/mol. The third-order valence-corrected chi connectivity index (χ3v) is 3.05. The topological polar surface area (TPSA) is 68.3 Å². The van der Waals surface area contributed by atoms with Crippen molar-refractivity contribution in [3.05, 3.63) is 53.5 Å². The van der Waals surface area contributed by atoms with Crippen LogP contribution in [-0.4, -0.2) is 10.9 Å². The predicted octanol–water partition coefficient (Wildman–Crippen LogP) is 2.92. The van der Waals surface area contributed by atoms with Crippen molar-refractivity contribution in [2.45, 2.75) is 19.8 Å². The molecule has 5 heteroatoms. The molecule has 0 aliphatic heterocycles. The maximum Gasteiger partial charge on any atom is 0.259 e. The van der Waals surface area contributed by atoms with Gasteiger partial charge in [-0.25, -0.2) is 0 Å². The molecule has 4 nitrogen and oxygen atoms in total. The van der Waals surface area contributed by atoms with Crippen LogP contribution in [0.2, 0.25) is 0 Å². The normalized spacial score (nSPS) is 10.2. The van der Waals surface area contributed by atoms with E-state index in [2.05, 4.69) is 5.32 Å². The van der Waals surface area contributed by atoms with Crippen LogP contribution in [0.15, 0.2) is 41.0 Å². The lowest BCUT2D eigenvalue weighted by atomic mass is 10.1. The first kappa shape index (κ1) is 14.3. The van der Waals surface area contributed by atoms with Crippen LogP contribution in [0.1, 0.15) is 28.6 Å². The molecule has 104 valence electrons. The van der Waals surface area contributed by atoms with E-state index in [0.29, 0.717) is 29.2 Å². The number of nitrogens with one attached hydrogen (secondary N) is 1. The summed E-state index contributed by atoms with van der Waals surface area (Å²) in [5.41, 5.74) is 7.81. The van der Waals surface area contributed by atoms with Crippen molar-refractivity contribution in [2.24, 2.45) is 5.73 Å². The molecule has 0 aliphatic rings.